The lowest BCUT2D eigenvalue weighted by molar-refractivity contribution is 0.0697. The fraction of sp³-hybridized carbons (Fsp3) is 0. The van der Waals surface area contributed by atoms with Crippen molar-refractivity contribution in [3.05, 3.63) is 64.7 Å². The fourth-order valence-electron chi connectivity index (χ4n) is 2.01. The number of rotatable bonds is 4. The zero-order chi connectivity index (χ0) is 16.2. The number of nitrogens with one attached hydrogen (secondary N) is 1. The first-order valence-electron chi connectivity index (χ1n) is 6.61. The van der Waals surface area contributed by atoms with Crippen LogP contribution < -0.4 is 0 Å². The quantitative estimate of drug-likeness (QED) is 0.568. The minimum Gasteiger partial charge on any atom is -0.478 e. The molecular weight excluding hydrogens is 314 g/mol. The van der Waals surface area contributed by atoms with E-state index in [1.807, 2.05) is 0 Å². The van der Waals surface area contributed by atoms with Crippen molar-refractivity contribution in [1.82, 2.24) is 19.9 Å². The molecule has 2 heterocycles. The van der Waals surface area contributed by atoms with Gasteiger partial charge in [-0.15, -0.1) is 0 Å². The van der Waals surface area contributed by atoms with Gasteiger partial charge in [0, 0.05) is 23.5 Å². The maximum absolute atomic E-state index is 11.2. The van der Waals surface area contributed by atoms with Crippen LogP contribution in [0.1, 0.15) is 15.9 Å². The smallest absolute Gasteiger partial charge is 0.336 e. The van der Waals surface area contributed by atoms with Crippen LogP contribution in [0, 0.1) is 4.77 Å². The van der Waals surface area contributed by atoms with Crippen molar-refractivity contribution in [1.29, 1.82) is 0 Å². The number of carbonyl (C=O) groups is 1. The molecule has 0 aliphatic heterocycles. The molecule has 114 valence electrons. The van der Waals surface area contributed by atoms with Crippen LogP contribution in [0.4, 0.5) is 0 Å². The summed E-state index contributed by atoms with van der Waals surface area (Å²) in [5, 5.41) is 20.3. The van der Waals surface area contributed by atoms with Gasteiger partial charge in [0.1, 0.15) is 0 Å². The summed E-state index contributed by atoms with van der Waals surface area (Å²) in [4.78, 5) is 15.2. The molecule has 0 saturated heterocycles. The Bertz CT molecular complexity index is 930. The Morgan fingerprint density at radius 1 is 1.26 bits per heavy atom. The van der Waals surface area contributed by atoms with Gasteiger partial charge in [-0.1, -0.05) is 18.2 Å². The SMILES string of the molecule is O=C(O)c1ccccc1/C=N/n1c(-c2ccncc2)n[nH]c1=S. The van der Waals surface area contributed by atoms with E-state index < -0.39 is 5.97 Å². The molecule has 8 heteroatoms. The van der Waals surface area contributed by atoms with Gasteiger partial charge in [0.05, 0.1) is 11.8 Å². The zero-order valence-corrected chi connectivity index (χ0v) is 12.6. The first-order valence-corrected chi connectivity index (χ1v) is 7.02. The number of hydrogen-bond donors (Lipinski definition) is 2. The predicted molar refractivity (Wildman–Crippen MR) is 87.0 cm³/mol. The average Bonchev–Trinajstić information content (AvgIpc) is 2.94. The molecule has 0 saturated carbocycles. The maximum Gasteiger partial charge on any atom is 0.336 e. The van der Waals surface area contributed by atoms with Gasteiger partial charge in [0.25, 0.3) is 0 Å². The molecule has 0 radical (unpaired) electrons. The molecule has 3 aromatic rings. The van der Waals surface area contributed by atoms with Crippen LogP contribution in [0.25, 0.3) is 11.4 Å². The first kappa shape index (κ1) is 14.8. The second-order valence-electron chi connectivity index (χ2n) is 4.54. The van der Waals surface area contributed by atoms with Crippen molar-refractivity contribution >= 4 is 24.4 Å². The van der Waals surface area contributed by atoms with Gasteiger partial charge in [-0.05, 0) is 30.4 Å². The topological polar surface area (TPSA) is 96.2 Å². The lowest BCUT2D eigenvalue weighted by Gasteiger charge is -2.02. The Labute approximate surface area is 136 Å². The summed E-state index contributed by atoms with van der Waals surface area (Å²) in [6.45, 7) is 0. The molecule has 2 N–H and O–H groups in total. The summed E-state index contributed by atoms with van der Waals surface area (Å²) in [6.07, 6.45) is 4.72. The molecule has 0 atom stereocenters. The summed E-state index contributed by atoms with van der Waals surface area (Å²) in [5.74, 6) is -0.501. The largest absolute Gasteiger partial charge is 0.478 e. The van der Waals surface area contributed by atoms with Crippen LogP contribution in [0.2, 0.25) is 0 Å². The van der Waals surface area contributed by atoms with E-state index >= 15 is 0 Å². The molecule has 0 spiro atoms. The summed E-state index contributed by atoms with van der Waals surface area (Å²) in [5.41, 5.74) is 1.43. The van der Waals surface area contributed by atoms with E-state index in [0.29, 0.717) is 16.2 Å². The van der Waals surface area contributed by atoms with Crippen molar-refractivity contribution in [2.45, 2.75) is 0 Å². The van der Waals surface area contributed by atoms with Crippen molar-refractivity contribution in [2.75, 3.05) is 0 Å². The Kier molecular flexibility index (Phi) is 4.07. The Morgan fingerprint density at radius 3 is 2.74 bits per heavy atom. The summed E-state index contributed by atoms with van der Waals surface area (Å²) >= 11 is 5.17. The molecule has 7 nitrogen and oxygen atoms in total. The molecule has 23 heavy (non-hydrogen) atoms. The highest BCUT2D eigenvalue weighted by atomic mass is 32.1. The third-order valence-electron chi connectivity index (χ3n) is 3.09. The second kappa shape index (κ2) is 6.32. The van der Waals surface area contributed by atoms with Crippen molar-refractivity contribution in [3.63, 3.8) is 0 Å². The third kappa shape index (κ3) is 3.06. The fourth-order valence-corrected chi connectivity index (χ4v) is 2.19. The number of benzene rings is 1. The third-order valence-corrected chi connectivity index (χ3v) is 3.36. The van der Waals surface area contributed by atoms with Gasteiger partial charge in [-0.3, -0.25) is 4.98 Å². The van der Waals surface area contributed by atoms with E-state index in [1.54, 1.807) is 42.7 Å². The predicted octanol–water partition coefficient (Wildman–Crippen LogP) is 2.58. The molecule has 0 bridgehead atoms. The number of H-pyrrole nitrogens is 1. The monoisotopic (exact) mass is 325 g/mol. The Morgan fingerprint density at radius 2 is 2.00 bits per heavy atom. The first-order chi connectivity index (χ1) is 11.2. The van der Waals surface area contributed by atoms with Crippen LogP contribution >= 0.6 is 12.2 Å². The Balaban J connectivity index is 2.04. The minimum absolute atomic E-state index is 0.164. The molecule has 0 aliphatic rings. The number of aromatic nitrogens is 4. The molecule has 1 aromatic carbocycles. The van der Waals surface area contributed by atoms with E-state index in [1.165, 1.54) is 17.0 Å². The molecule has 3 rings (SSSR count). The number of nitrogens with zero attached hydrogens (tertiary/aromatic N) is 4. The van der Waals surface area contributed by atoms with Gasteiger partial charge >= 0.3 is 5.97 Å². The number of pyridine rings is 1. The van der Waals surface area contributed by atoms with Gasteiger partial charge < -0.3 is 5.11 Å². The van der Waals surface area contributed by atoms with Gasteiger partial charge in [-0.25, -0.2) is 9.89 Å². The van der Waals surface area contributed by atoms with Crippen molar-refractivity contribution < 1.29 is 9.90 Å². The number of carboxylic acids is 1. The van der Waals surface area contributed by atoms with Crippen LogP contribution in [0.3, 0.4) is 0 Å². The van der Waals surface area contributed by atoms with Gasteiger partial charge in [0.2, 0.25) is 4.77 Å². The number of carboxylic acid groups (broad SMARTS) is 1. The molecular formula is C15H11N5O2S. The van der Waals surface area contributed by atoms with Crippen molar-refractivity contribution in [3.8, 4) is 11.4 Å². The lowest BCUT2D eigenvalue weighted by atomic mass is 10.1. The van der Waals surface area contributed by atoms with E-state index in [9.17, 15) is 9.90 Å². The van der Waals surface area contributed by atoms with Crippen molar-refractivity contribution in [2.24, 2.45) is 5.10 Å². The highest BCUT2D eigenvalue weighted by Crippen LogP contribution is 2.16. The average molecular weight is 325 g/mol. The maximum atomic E-state index is 11.2. The zero-order valence-electron chi connectivity index (χ0n) is 11.7. The van der Waals surface area contributed by atoms with Crippen LogP contribution in [0.15, 0.2) is 53.9 Å². The number of aromatic amines is 1. The number of hydrogen-bond acceptors (Lipinski definition) is 5. The van der Waals surface area contributed by atoms with Crippen LogP contribution in [0.5, 0.6) is 0 Å². The van der Waals surface area contributed by atoms with Crippen LogP contribution in [-0.4, -0.2) is 37.1 Å². The second-order valence-corrected chi connectivity index (χ2v) is 4.92. The van der Waals surface area contributed by atoms with Gasteiger partial charge in [-0.2, -0.15) is 14.9 Å². The van der Waals surface area contributed by atoms with E-state index in [-0.39, 0.29) is 5.56 Å². The summed E-state index contributed by atoms with van der Waals surface area (Å²) in [6, 6.07) is 10.1. The highest BCUT2D eigenvalue weighted by molar-refractivity contribution is 7.71. The summed E-state index contributed by atoms with van der Waals surface area (Å²) in [7, 11) is 0. The summed E-state index contributed by atoms with van der Waals surface area (Å²) < 4.78 is 1.74. The Hall–Kier alpha value is -3.13. The van der Waals surface area contributed by atoms with Gasteiger partial charge in [0.15, 0.2) is 5.82 Å². The number of aromatic carboxylic acids is 1. The van der Waals surface area contributed by atoms with E-state index in [0.717, 1.165) is 5.56 Å². The molecule has 0 unspecified atom stereocenters. The molecule has 0 aliphatic carbocycles. The molecule has 0 amide bonds. The standard InChI is InChI=1S/C15H11N5O2S/c21-14(22)12-4-2-1-3-11(12)9-17-20-13(18-19-15(20)23)10-5-7-16-8-6-10/h1-9H,(H,19,23)(H,21,22)/b17-9+. The van der Waals surface area contributed by atoms with E-state index in [4.69, 9.17) is 12.2 Å². The molecule has 0 fully saturated rings. The minimum atomic E-state index is -1.02. The van der Waals surface area contributed by atoms with Crippen LogP contribution in [-0.2, 0) is 0 Å². The lowest BCUT2D eigenvalue weighted by Crippen LogP contribution is -2.02. The van der Waals surface area contributed by atoms with E-state index in [2.05, 4.69) is 20.3 Å². The molecule has 2 aromatic heterocycles. The highest BCUT2D eigenvalue weighted by Gasteiger charge is 2.09. The normalized spacial score (nSPS) is 11.0.